The summed E-state index contributed by atoms with van der Waals surface area (Å²) in [5.74, 6) is 0. The highest BCUT2D eigenvalue weighted by atomic mass is 32.1. The molecule has 0 N–H and O–H groups in total. The lowest BCUT2D eigenvalue weighted by Crippen LogP contribution is -2.14. The number of nitriles is 1. The lowest BCUT2D eigenvalue weighted by atomic mass is 9.89. The molecule has 11 heteroatoms. The van der Waals surface area contributed by atoms with Crippen molar-refractivity contribution in [3.05, 3.63) is 193 Å². The van der Waals surface area contributed by atoms with E-state index in [-0.39, 0.29) is 16.7 Å². The van der Waals surface area contributed by atoms with Crippen molar-refractivity contribution >= 4 is 107 Å². The first-order valence-electron chi connectivity index (χ1n) is 21.6. The van der Waals surface area contributed by atoms with Gasteiger partial charge in [-0.2, -0.15) is 31.6 Å². The van der Waals surface area contributed by atoms with Crippen molar-refractivity contribution < 1.29 is 26.3 Å². The van der Waals surface area contributed by atoms with Gasteiger partial charge in [-0.1, -0.05) is 97.1 Å². The van der Waals surface area contributed by atoms with E-state index in [2.05, 4.69) is 59.2 Å². The van der Waals surface area contributed by atoms with Crippen LogP contribution in [0.4, 0.5) is 26.3 Å². The fraction of sp³-hybridized carbons (Fsp3) is 0.0351. The molecule has 0 fully saturated rings. The molecular weight excluding hydrogens is 905 g/mol. The summed E-state index contributed by atoms with van der Waals surface area (Å²) in [6, 6.07) is 54.7. The maximum absolute atomic E-state index is 14.9. The van der Waals surface area contributed by atoms with Crippen molar-refractivity contribution in [2.75, 3.05) is 0 Å². The van der Waals surface area contributed by atoms with E-state index >= 15 is 0 Å². The smallest absolute Gasteiger partial charge is 0.309 e. The van der Waals surface area contributed by atoms with Gasteiger partial charge in [0.15, 0.2) is 0 Å². The zero-order valence-corrected chi connectivity index (χ0v) is 36.8. The number of fused-ring (bicyclic) bond motifs is 14. The standard InChI is InChI=1S/C57H29F6N3S2/c58-56(59,60)42-14-9-15-43(57(61,62)63)51(42)31-21-25-46(66-45-17-6-2-13-39(45)53-48(66)27-24-37-35-11-4-8-19-50(35)68-55(37)53)41(28-31)40-29-33(22-20-32(40)30-64)65-44-16-5-1-12-38(44)52-47(65)26-23-36-34-10-3-7-18-49(34)67-54(36)52/h1-29H. The summed E-state index contributed by atoms with van der Waals surface area (Å²) in [6.07, 6.45) is -10.2. The fourth-order valence-corrected chi connectivity index (χ4v) is 13.0. The molecular formula is C57H29F6N3S2. The number of hydrogen-bond donors (Lipinski definition) is 0. The molecule has 326 valence electrons. The Balaban J connectivity index is 1.14. The Labute approximate surface area is 390 Å². The van der Waals surface area contributed by atoms with Gasteiger partial charge in [0.05, 0.1) is 50.5 Å². The summed E-state index contributed by atoms with van der Waals surface area (Å²) in [4.78, 5) is 0. The van der Waals surface area contributed by atoms with Crippen LogP contribution in [0.2, 0.25) is 0 Å². The highest BCUT2D eigenvalue weighted by molar-refractivity contribution is 7.27. The lowest BCUT2D eigenvalue weighted by molar-refractivity contribution is -0.142. The van der Waals surface area contributed by atoms with E-state index in [1.807, 2.05) is 89.5 Å². The second-order valence-corrected chi connectivity index (χ2v) is 19.0. The third-order valence-electron chi connectivity index (χ3n) is 13.2. The average molecular weight is 934 g/mol. The van der Waals surface area contributed by atoms with Gasteiger partial charge in [-0.3, -0.25) is 0 Å². The molecule has 0 unspecified atom stereocenters. The fourth-order valence-electron chi connectivity index (χ4n) is 10.4. The van der Waals surface area contributed by atoms with Gasteiger partial charge in [0.1, 0.15) is 0 Å². The van der Waals surface area contributed by atoms with Crippen molar-refractivity contribution in [2.24, 2.45) is 0 Å². The van der Waals surface area contributed by atoms with Gasteiger partial charge in [0, 0.05) is 84.3 Å². The van der Waals surface area contributed by atoms with Crippen LogP contribution < -0.4 is 0 Å². The summed E-state index contributed by atoms with van der Waals surface area (Å²) in [5.41, 5.74) is 1.17. The minimum atomic E-state index is -5.12. The van der Waals surface area contributed by atoms with Crippen LogP contribution in [0.3, 0.4) is 0 Å². The Morgan fingerprint density at radius 3 is 1.50 bits per heavy atom. The third-order valence-corrected chi connectivity index (χ3v) is 15.6. The Morgan fingerprint density at radius 2 is 0.941 bits per heavy atom. The highest BCUT2D eigenvalue weighted by Crippen LogP contribution is 2.49. The molecule has 3 nitrogen and oxygen atoms in total. The van der Waals surface area contributed by atoms with Crippen LogP contribution in [-0.2, 0) is 12.4 Å². The Kier molecular flexibility index (Phi) is 8.63. The van der Waals surface area contributed by atoms with Gasteiger partial charge >= 0.3 is 12.4 Å². The van der Waals surface area contributed by atoms with Gasteiger partial charge in [-0.25, -0.2) is 0 Å². The van der Waals surface area contributed by atoms with Crippen LogP contribution in [-0.4, -0.2) is 9.13 Å². The monoisotopic (exact) mass is 933 g/mol. The summed E-state index contributed by atoms with van der Waals surface area (Å²) in [7, 11) is 0. The third kappa shape index (κ3) is 5.84. The number of thiophene rings is 2. The maximum Gasteiger partial charge on any atom is 0.417 e. The first-order chi connectivity index (χ1) is 33.0. The predicted molar refractivity (Wildman–Crippen MR) is 266 cm³/mol. The zero-order valence-electron chi connectivity index (χ0n) is 35.2. The van der Waals surface area contributed by atoms with Gasteiger partial charge < -0.3 is 9.13 Å². The number of para-hydroxylation sites is 2. The number of halogens is 6. The summed E-state index contributed by atoms with van der Waals surface area (Å²) >= 11 is 3.37. The number of rotatable bonds is 4. The van der Waals surface area contributed by atoms with E-state index in [4.69, 9.17) is 0 Å². The Morgan fingerprint density at radius 1 is 0.426 bits per heavy atom. The van der Waals surface area contributed by atoms with E-state index in [9.17, 15) is 31.6 Å². The summed E-state index contributed by atoms with van der Waals surface area (Å²) in [5, 5.41) is 19.3. The molecule has 0 spiro atoms. The molecule has 13 rings (SSSR count). The van der Waals surface area contributed by atoms with Crippen molar-refractivity contribution in [1.82, 2.24) is 9.13 Å². The molecule has 13 aromatic rings. The van der Waals surface area contributed by atoms with Crippen LogP contribution in [0.1, 0.15) is 16.7 Å². The number of benzene rings is 9. The number of aromatic nitrogens is 2. The molecule has 0 aliphatic carbocycles. The normalized spacial score (nSPS) is 12.5. The largest absolute Gasteiger partial charge is 0.417 e. The van der Waals surface area contributed by atoms with E-state index in [1.165, 1.54) is 12.1 Å². The van der Waals surface area contributed by atoms with Crippen LogP contribution >= 0.6 is 22.7 Å². The van der Waals surface area contributed by atoms with E-state index in [0.717, 1.165) is 90.0 Å². The molecule has 0 atom stereocenters. The number of alkyl halides is 6. The molecule has 0 amide bonds. The molecule has 9 aromatic carbocycles. The molecule has 0 bridgehead atoms. The van der Waals surface area contributed by atoms with Crippen LogP contribution in [0.5, 0.6) is 0 Å². The second-order valence-electron chi connectivity index (χ2n) is 16.9. The van der Waals surface area contributed by atoms with E-state index < -0.39 is 29.0 Å². The van der Waals surface area contributed by atoms with Gasteiger partial charge in [0.25, 0.3) is 0 Å². The van der Waals surface area contributed by atoms with Crippen molar-refractivity contribution in [3.8, 4) is 39.7 Å². The first-order valence-corrected chi connectivity index (χ1v) is 23.2. The average Bonchev–Trinajstić information content (AvgIpc) is 4.10. The van der Waals surface area contributed by atoms with Gasteiger partial charge in [-0.15, -0.1) is 22.7 Å². The zero-order chi connectivity index (χ0) is 46.2. The topological polar surface area (TPSA) is 33.6 Å². The number of nitrogens with zero attached hydrogens (tertiary/aromatic N) is 3. The SMILES string of the molecule is N#Cc1ccc(-n2c3ccccc3c3c4sc5ccccc5c4ccc32)cc1-c1cc(-c2c(C(F)(F)F)cccc2C(F)(F)F)ccc1-n1c2ccccc2c2c3sc4ccccc4c3ccc21. The van der Waals surface area contributed by atoms with E-state index in [1.54, 1.807) is 34.8 Å². The van der Waals surface area contributed by atoms with Crippen LogP contribution in [0, 0.1) is 11.3 Å². The predicted octanol–water partition coefficient (Wildman–Crippen LogP) is 17.9. The first kappa shape index (κ1) is 40.4. The molecule has 0 aliphatic rings. The van der Waals surface area contributed by atoms with Crippen molar-refractivity contribution in [3.63, 3.8) is 0 Å². The molecule has 4 heterocycles. The Hall–Kier alpha value is -7.91. The molecule has 0 radical (unpaired) electrons. The quantitative estimate of drug-likeness (QED) is 0.162. The van der Waals surface area contributed by atoms with Gasteiger partial charge in [0.2, 0.25) is 0 Å². The Bertz CT molecular complexity index is 4300. The molecule has 68 heavy (non-hydrogen) atoms. The maximum atomic E-state index is 14.9. The highest BCUT2D eigenvalue weighted by Gasteiger charge is 2.41. The number of hydrogen-bond acceptors (Lipinski definition) is 3. The summed E-state index contributed by atoms with van der Waals surface area (Å²) in [6.45, 7) is 0. The molecule has 0 saturated carbocycles. The van der Waals surface area contributed by atoms with Gasteiger partial charge in [-0.05, 0) is 84.4 Å². The van der Waals surface area contributed by atoms with Crippen molar-refractivity contribution in [1.29, 1.82) is 5.26 Å². The molecule has 0 aliphatic heterocycles. The minimum Gasteiger partial charge on any atom is -0.309 e. The van der Waals surface area contributed by atoms with E-state index in [0.29, 0.717) is 29.1 Å². The van der Waals surface area contributed by atoms with Crippen LogP contribution in [0.15, 0.2) is 176 Å². The molecule has 0 saturated heterocycles. The molecule has 4 aromatic heterocycles. The summed E-state index contributed by atoms with van der Waals surface area (Å²) < 4.78 is 98.0. The van der Waals surface area contributed by atoms with Crippen LogP contribution in [0.25, 0.3) is 118 Å². The second kappa shape index (κ2) is 14.5. The lowest BCUT2D eigenvalue weighted by Gasteiger charge is -2.22. The minimum absolute atomic E-state index is 0.188. The van der Waals surface area contributed by atoms with Crippen molar-refractivity contribution in [2.45, 2.75) is 12.4 Å².